The van der Waals surface area contributed by atoms with Gasteiger partial charge in [-0.15, -0.1) is 0 Å². The molecule has 0 aliphatic heterocycles. The van der Waals surface area contributed by atoms with E-state index in [0.29, 0.717) is 105 Å². The topological polar surface area (TPSA) is 167 Å². The summed E-state index contributed by atoms with van der Waals surface area (Å²) in [5, 5.41) is 11.0. The molecule has 43 heavy (non-hydrogen) atoms. The number of ether oxygens (including phenoxy) is 9. The van der Waals surface area contributed by atoms with E-state index in [2.05, 4.69) is 17.0 Å². The molecule has 14 nitrogen and oxygen atoms in total. The summed E-state index contributed by atoms with van der Waals surface area (Å²) >= 11 is 0. The van der Waals surface area contributed by atoms with Crippen LogP contribution < -0.4 is 5.32 Å². The third kappa shape index (κ3) is 36.2. The van der Waals surface area contributed by atoms with Gasteiger partial charge in [-0.3, -0.25) is 9.59 Å². The summed E-state index contributed by atoms with van der Waals surface area (Å²) in [6, 6.07) is 0. The van der Waals surface area contributed by atoms with Crippen LogP contribution in [0.25, 0.3) is 0 Å². The van der Waals surface area contributed by atoms with E-state index in [1.165, 1.54) is 25.7 Å². The number of hydrogen-bond acceptors (Lipinski definition) is 12. The highest BCUT2D eigenvalue weighted by Crippen LogP contribution is 2.07. The van der Waals surface area contributed by atoms with E-state index in [-0.39, 0.29) is 19.2 Å². The number of carboxylic acid groups (broad SMARTS) is 1. The fourth-order valence-electron chi connectivity index (χ4n) is 3.30. The first-order valence-electron chi connectivity index (χ1n) is 15.3. The third-order valence-electron chi connectivity index (χ3n) is 5.48. The molecule has 254 valence electrons. The van der Waals surface area contributed by atoms with Crippen LogP contribution in [0.5, 0.6) is 0 Å². The highest BCUT2D eigenvalue weighted by atomic mass is 16.6. The van der Waals surface area contributed by atoms with Crippen LogP contribution in [0.15, 0.2) is 0 Å². The van der Waals surface area contributed by atoms with Gasteiger partial charge in [0, 0.05) is 13.0 Å². The number of carbonyl (C=O) groups is 3. The molecular weight excluding hydrogens is 570 g/mol. The first-order chi connectivity index (χ1) is 21.1. The van der Waals surface area contributed by atoms with Gasteiger partial charge in [0.1, 0.15) is 19.8 Å². The second-order valence-electron chi connectivity index (χ2n) is 9.26. The van der Waals surface area contributed by atoms with Gasteiger partial charge >= 0.3 is 11.9 Å². The van der Waals surface area contributed by atoms with Crippen molar-refractivity contribution in [3.8, 4) is 0 Å². The molecule has 14 heteroatoms. The number of carbonyl (C=O) groups excluding carboxylic acids is 2. The van der Waals surface area contributed by atoms with Crippen molar-refractivity contribution in [1.82, 2.24) is 5.32 Å². The van der Waals surface area contributed by atoms with E-state index in [1.54, 1.807) is 0 Å². The van der Waals surface area contributed by atoms with Crippen molar-refractivity contribution >= 4 is 17.8 Å². The van der Waals surface area contributed by atoms with Gasteiger partial charge in [0.15, 0.2) is 0 Å². The Hall–Kier alpha value is -1.91. The quantitative estimate of drug-likeness (QED) is 0.0771. The largest absolute Gasteiger partial charge is 0.480 e. The monoisotopic (exact) mass is 625 g/mol. The van der Waals surface area contributed by atoms with E-state index in [9.17, 15) is 14.4 Å². The van der Waals surface area contributed by atoms with E-state index >= 15 is 0 Å². The first kappa shape index (κ1) is 41.1. The molecule has 2 N–H and O–H groups in total. The average molecular weight is 626 g/mol. The lowest BCUT2D eigenvalue weighted by Crippen LogP contribution is -2.31. The maximum atomic E-state index is 11.6. The predicted molar refractivity (Wildman–Crippen MR) is 156 cm³/mol. The smallest absolute Gasteiger partial charge is 0.329 e. The number of amides is 1. The molecule has 0 aromatic carbocycles. The Morgan fingerprint density at radius 2 is 0.930 bits per heavy atom. The SMILES string of the molecule is CCCCCCCCC(=O)OCCOCCOCCOCCOCCOCCOCCOCCNC(=O)COCC(=O)O. The highest BCUT2D eigenvalue weighted by molar-refractivity contribution is 5.77. The van der Waals surface area contributed by atoms with Crippen LogP contribution in [0, 0.1) is 0 Å². The number of carboxylic acids is 1. The summed E-state index contributed by atoms with van der Waals surface area (Å²) < 4.78 is 47.6. The van der Waals surface area contributed by atoms with Crippen LogP contribution in [0.1, 0.15) is 51.9 Å². The Balaban J connectivity index is 3.15. The zero-order valence-corrected chi connectivity index (χ0v) is 26.0. The fraction of sp³-hybridized carbons (Fsp3) is 0.897. The van der Waals surface area contributed by atoms with E-state index < -0.39 is 18.5 Å². The Morgan fingerprint density at radius 3 is 1.40 bits per heavy atom. The van der Waals surface area contributed by atoms with Crippen LogP contribution in [-0.4, -0.2) is 142 Å². The van der Waals surface area contributed by atoms with Gasteiger partial charge in [-0.2, -0.15) is 0 Å². The average Bonchev–Trinajstić information content (AvgIpc) is 2.98. The molecule has 0 atom stereocenters. The number of rotatable bonds is 35. The van der Waals surface area contributed by atoms with Crippen molar-refractivity contribution in [2.75, 3.05) is 119 Å². The van der Waals surface area contributed by atoms with Crippen molar-refractivity contribution in [2.45, 2.75) is 51.9 Å². The molecule has 0 saturated heterocycles. The molecule has 0 saturated carbocycles. The summed E-state index contributed by atoms with van der Waals surface area (Å²) in [4.78, 5) is 33.3. The second-order valence-corrected chi connectivity index (χ2v) is 9.26. The molecule has 0 aliphatic carbocycles. The molecular formula is C29H55NO13. The molecule has 0 heterocycles. The summed E-state index contributed by atoms with van der Waals surface area (Å²) in [5.41, 5.74) is 0. The second kappa shape index (κ2) is 34.6. The van der Waals surface area contributed by atoms with Crippen LogP contribution in [0.3, 0.4) is 0 Å². The predicted octanol–water partition coefficient (Wildman–Crippen LogP) is 1.61. The van der Waals surface area contributed by atoms with E-state index in [1.807, 2.05) is 0 Å². The van der Waals surface area contributed by atoms with Gasteiger partial charge in [-0.1, -0.05) is 39.0 Å². The zero-order valence-electron chi connectivity index (χ0n) is 26.0. The fourth-order valence-corrected chi connectivity index (χ4v) is 3.30. The standard InChI is InChI=1S/C29H55NO13/c1-2-3-4-5-6-7-8-29(34)43-24-23-41-22-21-40-20-19-39-18-17-38-16-15-37-14-13-36-12-11-35-10-9-30-27(31)25-42-26-28(32)33/h2-26H2,1H3,(H,30,31)(H,32,33). The van der Waals surface area contributed by atoms with Gasteiger partial charge in [0.25, 0.3) is 0 Å². The Morgan fingerprint density at radius 1 is 0.512 bits per heavy atom. The molecule has 0 bridgehead atoms. The molecule has 0 aromatic rings. The summed E-state index contributed by atoms with van der Waals surface area (Å²) in [6.45, 7) is 7.96. The minimum Gasteiger partial charge on any atom is -0.480 e. The minimum absolute atomic E-state index is 0.155. The lowest BCUT2D eigenvalue weighted by molar-refractivity contribution is -0.146. The molecule has 0 aliphatic rings. The summed E-state index contributed by atoms with van der Waals surface area (Å²) in [7, 11) is 0. The van der Waals surface area contributed by atoms with Crippen molar-refractivity contribution in [3.63, 3.8) is 0 Å². The Labute approximate surface area is 256 Å². The number of hydrogen-bond donors (Lipinski definition) is 2. The van der Waals surface area contributed by atoms with Crippen molar-refractivity contribution in [2.24, 2.45) is 0 Å². The number of aliphatic carboxylic acids is 1. The van der Waals surface area contributed by atoms with Crippen LogP contribution in [0.4, 0.5) is 0 Å². The van der Waals surface area contributed by atoms with Gasteiger partial charge in [-0.05, 0) is 6.42 Å². The van der Waals surface area contributed by atoms with E-state index in [0.717, 1.165) is 12.8 Å². The maximum Gasteiger partial charge on any atom is 0.329 e. The Kier molecular flexibility index (Phi) is 33.0. The highest BCUT2D eigenvalue weighted by Gasteiger charge is 2.04. The molecule has 0 aromatic heterocycles. The van der Waals surface area contributed by atoms with Crippen molar-refractivity contribution in [3.05, 3.63) is 0 Å². The normalized spacial score (nSPS) is 11.1. The van der Waals surface area contributed by atoms with E-state index in [4.69, 9.17) is 43.0 Å². The molecule has 0 radical (unpaired) electrons. The van der Waals surface area contributed by atoms with Gasteiger partial charge in [-0.25, -0.2) is 4.79 Å². The Bertz CT molecular complexity index is 640. The molecule has 0 unspecified atom stereocenters. The first-order valence-corrected chi connectivity index (χ1v) is 15.3. The summed E-state index contributed by atoms with van der Waals surface area (Å²) in [6.07, 6.45) is 7.36. The van der Waals surface area contributed by atoms with Crippen molar-refractivity contribution in [1.29, 1.82) is 0 Å². The zero-order chi connectivity index (χ0) is 31.5. The molecule has 0 fully saturated rings. The molecule has 0 rings (SSSR count). The van der Waals surface area contributed by atoms with Gasteiger partial charge in [0.05, 0.1) is 92.5 Å². The number of nitrogens with one attached hydrogen (secondary N) is 1. The van der Waals surface area contributed by atoms with Crippen LogP contribution in [0.2, 0.25) is 0 Å². The third-order valence-corrected chi connectivity index (χ3v) is 5.48. The van der Waals surface area contributed by atoms with Crippen molar-refractivity contribution < 1.29 is 62.1 Å². The lowest BCUT2D eigenvalue weighted by atomic mass is 10.1. The molecule has 0 spiro atoms. The number of unbranched alkanes of at least 4 members (excludes halogenated alkanes) is 5. The number of esters is 1. The summed E-state index contributed by atoms with van der Waals surface area (Å²) in [5.74, 6) is -1.68. The lowest BCUT2D eigenvalue weighted by Gasteiger charge is -2.09. The van der Waals surface area contributed by atoms with Crippen LogP contribution in [-0.2, 0) is 57.0 Å². The van der Waals surface area contributed by atoms with Gasteiger partial charge < -0.3 is 53.1 Å². The van der Waals surface area contributed by atoms with Gasteiger partial charge in [0.2, 0.25) is 5.91 Å². The molecule has 1 amide bonds. The minimum atomic E-state index is -1.12. The van der Waals surface area contributed by atoms with Crippen LogP contribution >= 0.6 is 0 Å². The maximum absolute atomic E-state index is 11.6.